The smallest absolute Gasteiger partial charge is 0.306 e. The quantitative estimate of drug-likeness (QED) is 0.234. The average Bonchev–Trinajstić information content (AvgIpc) is 2.57. The Hall–Kier alpha value is -0.830. The SMILES string of the molecule is CC(C/C=C/CCCCCCCCCCCCCCCO)C(=O)O. The largest absolute Gasteiger partial charge is 0.481 e. The number of carboxylic acids is 1. The van der Waals surface area contributed by atoms with E-state index in [0.717, 1.165) is 12.8 Å². The molecule has 0 amide bonds. The first kappa shape index (κ1) is 23.2. The Labute approximate surface area is 149 Å². The number of rotatable bonds is 18. The number of aliphatic hydroxyl groups excluding tert-OH is 1. The number of hydrogen-bond donors (Lipinski definition) is 2. The lowest BCUT2D eigenvalue weighted by molar-refractivity contribution is -0.140. The molecule has 24 heavy (non-hydrogen) atoms. The second-order valence-corrected chi connectivity index (χ2v) is 7.05. The molecule has 0 aliphatic rings. The predicted octanol–water partition coefficient (Wildman–Crippen LogP) is 6.11. The van der Waals surface area contributed by atoms with E-state index in [0.29, 0.717) is 13.0 Å². The first-order chi connectivity index (χ1) is 11.7. The molecule has 0 aliphatic heterocycles. The molecule has 0 saturated carbocycles. The highest BCUT2D eigenvalue weighted by atomic mass is 16.4. The number of allylic oxidation sites excluding steroid dienone is 2. The van der Waals surface area contributed by atoms with Gasteiger partial charge in [-0.1, -0.05) is 89.7 Å². The standard InChI is InChI=1S/C21H40O3/c1-20(21(23)24)18-16-14-12-10-8-6-4-2-3-5-7-9-11-13-15-17-19-22/h14,16,20,22H,2-13,15,17-19H2,1H3,(H,23,24)/b16-14+. The first-order valence-electron chi connectivity index (χ1n) is 10.2. The molecular weight excluding hydrogens is 300 g/mol. The number of hydrogen-bond acceptors (Lipinski definition) is 2. The third-order valence-electron chi connectivity index (χ3n) is 4.61. The van der Waals surface area contributed by atoms with Gasteiger partial charge in [-0.3, -0.25) is 4.79 Å². The monoisotopic (exact) mass is 340 g/mol. The highest BCUT2D eigenvalue weighted by Crippen LogP contribution is 2.13. The van der Waals surface area contributed by atoms with Crippen molar-refractivity contribution in [3.8, 4) is 0 Å². The van der Waals surface area contributed by atoms with E-state index in [2.05, 4.69) is 6.08 Å². The molecule has 1 unspecified atom stereocenters. The van der Waals surface area contributed by atoms with Crippen LogP contribution in [0, 0.1) is 5.92 Å². The van der Waals surface area contributed by atoms with Crippen LogP contribution < -0.4 is 0 Å². The van der Waals surface area contributed by atoms with Crippen molar-refractivity contribution >= 4 is 5.97 Å². The normalized spacial score (nSPS) is 12.8. The first-order valence-corrected chi connectivity index (χ1v) is 10.2. The molecule has 0 fully saturated rings. The lowest BCUT2D eigenvalue weighted by Gasteiger charge is -2.03. The van der Waals surface area contributed by atoms with E-state index in [1.807, 2.05) is 6.08 Å². The molecule has 0 radical (unpaired) electrons. The van der Waals surface area contributed by atoms with Crippen molar-refractivity contribution in [2.45, 2.75) is 103 Å². The zero-order chi connectivity index (χ0) is 17.9. The van der Waals surface area contributed by atoms with Crippen molar-refractivity contribution in [3.05, 3.63) is 12.2 Å². The molecule has 0 aromatic heterocycles. The van der Waals surface area contributed by atoms with Gasteiger partial charge in [0.15, 0.2) is 0 Å². The van der Waals surface area contributed by atoms with Crippen molar-refractivity contribution in [3.63, 3.8) is 0 Å². The fourth-order valence-electron chi connectivity index (χ4n) is 2.84. The lowest BCUT2D eigenvalue weighted by Crippen LogP contribution is -2.07. The van der Waals surface area contributed by atoms with Gasteiger partial charge in [0.25, 0.3) is 0 Å². The molecule has 142 valence electrons. The summed E-state index contributed by atoms with van der Waals surface area (Å²) < 4.78 is 0. The van der Waals surface area contributed by atoms with Crippen LogP contribution in [-0.4, -0.2) is 22.8 Å². The van der Waals surface area contributed by atoms with Gasteiger partial charge in [0.05, 0.1) is 5.92 Å². The molecule has 0 aromatic carbocycles. The minimum absolute atomic E-state index is 0.262. The van der Waals surface area contributed by atoms with E-state index in [9.17, 15) is 4.79 Å². The van der Waals surface area contributed by atoms with Crippen LogP contribution in [0.25, 0.3) is 0 Å². The maximum Gasteiger partial charge on any atom is 0.306 e. The van der Waals surface area contributed by atoms with Crippen molar-refractivity contribution in [1.82, 2.24) is 0 Å². The molecule has 3 heteroatoms. The van der Waals surface area contributed by atoms with Crippen molar-refractivity contribution in [2.24, 2.45) is 5.92 Å². The summed E-state index contributed by atoms with van der Waals surface area (Å²) in [6, 6.07) is 0. The zero-order valence-electron chi connectivity index (χ0n) is 15.8. The molecule has 0 rings (SSSR count). The summed E-state index contributed by atoms with van der Waals surface area (Å²) in [6.07, 6.45) is 22.7. The Morgan fingerprint density at radius 1 is 0.750 bits per heavy atom. The third-order valence-corrected chi connectivity index (χ3v) is 4.61. The fourth-order valence-corrected chi connectivity index (χ4v) is 2.84. The van der Waals surface area contributed by atoms with Crippen molar-refractivity contribution in [2.75, 3.05) is 6.61 Å². The van der Waals surface area contributed by atoms with Gasteiger partial charge in [-0.05, 0) is 25.7 Å². The predicted molar refractivity (Wildman–Crippen MR) is 102 cm³/mol. The van der Waals surface area contributed by atoms with E-state index in [-0.39, 0.29) is 5.92 Å². The van der Waals surface area contributed by atoms with Gasteiger partial charge in [0.2, 0.25) is 0 Å². The van der Waals surface area contributed by atoms with Crippen LogP contribution in [0.4, 0.5) is 0 Å². The van der Waals surface area contributed by atoms with Gasteiger partial charge in [0.1, 0.15) is 0 Å². The Balaban J connectivity index is 3.12. The molecule has 0 spiro atoms. The average molecular weight is 341 g/mol. The summed E-state index contributed by atoms with van der Waals surface area (Å²) in [5.74, 6) is -0.969. The van der Waals surface area contributed by atoms with E-state index in [1.54, 1.807) is 6.92 Å². The van der Waals surface area contributed by atoms with Crippen LogP contribution in [0.15, 0.2) is 12.2 Å². The summed E-state index contributed by atoms with van der Waals surface area (Å²) in [6.45, 7) is 2.10. The second kappa shape index (κ2) is 18.5. The zero-order valence-corrected chi connectivity index (χ0v) is 15.8. The summed E-state index contributed by atoms with van der Waals surface area (Å²) in [5.41, 5.74) is 0. The third kappa shape index (κ3) is 17.5. The minimum Gasteiger partial charge on any atom is -0.481 e. The number of carboxylic acid groups (broad SMARTS) is 1. The van der Waals surface area contributed by atoms with E-state index >= 15 is 0 Å². The number of carbonyl (C=O) groups is 1. The Morgan fingerprint density at radius 3 is 1.58 bits per heavy atom. The summed E-state index contributed by atoms with van der Waals surface area (Å²) in [4.78, 5) is 10.7. The number of aliphatic hydroxyl groups is 1. The Kier molecular flexibility index (Phi) is 17.9. The van der Waals surface area contributed by atoms with Gasteiger partial charge in [-0.15, -0.1) is 0 Å². The molecule has 0 aromatic rings. The maximum atomic E-state index is 10.7. The molecule has 3 nitrogen and oxygen atoms in total. The van der Waals surface area contributed by atoms with E-state index < -0.39 is 5.97 Å². The van der Waals surface area contributed by atoms with Crippen LogP contribution in [0.1, 0.15) is 103 Å². The van der Waals surface area contributed by atoms with Crippen LogP contribution in [0.5, 0.6) is 0 Å². The topological polar surface area (TPSA) is 57.5 Å². The molecule has 1 atom stereocenters. The summed E-state index contributed by atoms with van der Waals surface area (Å²) in [5, 5.41) is 17.5. The molecule has 0 aliphatic carbocycles. The molecule has 2 N–H and O–H groups in total. The number of unbranched alkanes of at least 4 members (excludes halogenated alkanes) is 13. The van der Waals surface area contributed by atoms with Crippen molar-refractivity contribution in [1.29, 1.82) is 0 Å². The van der Waals surface area contributed by atoms with Crippen LogP contribution in [0.3, 0.4) is 0 Å². The van der Waals surface area contributed by atoms with Gasteiger partial charge < -0.3 is 10.2 Å². The molecule has 0 heterocycles. The lowest BCUT2D eigenvalue weighted by atomic mass is 10.0. The second-order valence-electron chi connectivity index (χ2n) is 7.05. The summed E-state index contributed by atoms with van der Waals surface area (Å²) in [7, 11) is 0. The van der Waals surface area contributed by atoms with E-state index in [4.69, 9.17) is 10.2 Å². The highest BCUT2D eigenvalue weighted by molar-refractivity contribution is 5.69. The van der Waals surface area contributed by atoms with Gasteiger partial charge in [-0.2, -0.15) is 0 Å². The highest BCUT2D eigenvalue weighted by Gasteiger charge is 2.07. The number of aliphatic carboxylic acids is 1. The van der Waals surface area contributed by atoms with E-state index in [1.165, 1.54) is 77.0 Å². The van der Waals surface area contributed by atoms with Crippen LogP contribution >= 0.6 is 0 Å². The summed E-state index contributed by atoms with van der Waals surface area (Å²) >= 11 is 0. The van der Waals surface area contributed by atoms with Gasteiger partial charge >= 0.3 is 5.97 Å². The minimum atomic E-state index is -0.707. The molecule has 0 bridgehead atoms. The molecular formula is C21H40O3. The van der Waals surface area contributed by atoms with Crippen molar-refractivity contribution < 1.29 is 15.0 Å². The Bertz CT molecular complexity index is 299. The van der Waals surface area contributed by atoms with Gasteiger partial charge in [0, 0.05) is 6.61 Å². The molecule has 0 saturated heterocycles. The van der Waals surface area contributed by atoms with Crippen LogP contribution in [0.2, 0.25) is 0 Å². The van der Waals surface area contributed by atoms with Gasteiger partial charge in [-0.25, -0.2) is 0 Å². The Morgan fingerprint density at radius 2 is 1.17 bits per heavy atom. The van der Waals surface area contributed by atoms with Crippen LogP contribution in [-0.2, 0) is 4.79 Å². The maximum absolute atomic E-state index is 10.7. The fraction of sp³-hybridized carbons (Fsp3) is 0.857.